The second-order valence-electron chi connectivity index (χ2n) is 5.80. The van der Waals surface area contributed by atoms with Gasteiger partial charge >= 0.3 is 0 Å². The summed E-state index contributed by atoms with van der Waals surface area (Å²) in [6.07, 6.45) is 8.95. The summed E-state index contributed by atoms with van der Waals surface area (Å²) in [5.74, 6) is 0. The molecule has 2 rings (SSSR count). The van der Waals surface area contributed by atoms with Crippen LogP contribution in [0.2, 0.25) is 0 Å². The molecule has 0 radical (unpaired) electrons. The summed E-state index contributed by atoms with van der Waals surface area (Å²) in [4.78, 5) is 4.60. The molecule has 1 aliphatic rings. The number of hydrogen-bond donors (Lipinski definition) is 1. The molecule has 0 saturated carbocycles. The second-order valence-corrected chi connectivity index (χ2v) is 6.75. The van der Waals surface area contributed by atoms with Crippen molar-refractivity contribution in [1.29, 1.82) is 0 Å². The van der Waals surface area contributed by atoms with Crippen molar-refractivity contribution < 1.29 is 4.74 Å². The molecular weight excluding hydrogens is 268 g/mol. The predicted molar refractivity (Wildman–Crippen MR) is 85.5 cm³/mol. The second kappa shape index (κ2) is 8.75. The third-order valence-corrected chi connectivity index (χ3v) is 4.87. The van der Waals surface area contributed by atoms with Crippen molar-refractivity contribution in [3.05, 3.63) is 16.1 Å². The van der Waals surface area contributed by atoms with E-state index in [0.29, 0.717) is 12.1 Å². The van der Waals surface area contributed by atoms with Gasteiger partial charge in [0.15, 0.2) is 0 Å². The van der Waals surface area contributed by atoms with Crippen LogP contribution in [0.25, 0.3) is 0 Å². The molecule has 2 unspecified atom stereocenters. The summed E-state index contributed by atoms with van der Waals surface area (Å²) in [6, 6.07) is 0.547. The zero-order valence-electron chi connectivity index (χ0n) is 12.9. The molecule has 1 saturated heterocycles. The highest BCUT2D eigenvalue weighted by Gasteiger charge is 2.17. The van der Waals surface area contributed by atoms with Gasteiger partial charge in [0.1, 0.15) is 0 Å². The fourth-order valence-corrected chi connectivity index (χ4v) is 3.61. The molecule has 1 aliphatic heterocycles. The molecule has 4 heteroatoms. The summed E-state index contributed by atoms with van der Waals surface area (Å²) < 4.78 is 5.85. The van der Waals surface area contributed by atoms with Crippen LogP contribution in [0.4, 0.5) is 0 Å². The van der Waals surface area contributed by atoms with Crippen LogP contribution in [0.5, 0.6) is 0 Å². The molecule has 2 heterocycles. The Hall–Kier alpha value is -0.450. The number of nitrogens with one attached hydrogen (secondary N) is 1. The first-order chi connectivity index (χ1) is 9.78. The molecule has 0 bridgehead atoms. The monoisotopic (exact) mass is 296 g/mol. The lowest BCUT2D eigenvalue weighted by Gasteiger charge is -2.25. The van der Waals surface area contributed by atoms with E-state index in [-0.39, 0.29) is 0 Å². The minimum atomic E-state index is 0.493. The van der Waals surface area contributed by atoms with Crippen LogP contribution in [0.15, 0.2) is 5.38 Å². The molecule has 3 nitrogen and oxygen atoms in total. The van der Waals surface area contributed by atoms with E-state index in [1.165, 1.54) is 43.5 Å². The first-order valence-corrected chi connectivity index (χ1v) is 8.92. The molecule has 114 valence electrons. The van der Waals surface area contributed by atoms with E-state index in [1.807, 2.05) is 0 Å². The average molecular weight is 296 g/mol. The lowest BCUT2D eigenvalue weighted by Crippen LogP contribution is -2.33. The van der Waals surface area contributed by atoms with Crippen LogP contribution in [0.3, 0.4) is 0 Å². The number of thiazole rings is 1. The number of aromatic nitrogens is 1. The van der Waals surface area contributed by atoms with Gasteiger partial charge in [0, 0.05) is 30.1 Å². The van der Waals surface area contributed by atoms with Crippen molar-refractivity contribution in [2.75, 3.05) is 13.2 Å². The van der Waals surface area contributed by atoms with Crippen molar-refractivity contribution >= 4 is 11.3 Å². The van der Waals surface area contributed by atoms with Gasteiger partial charge in [-0.15, -0.1) is 11.3 Å². The van der Waals surface area contributed by atoms with E-state index < -0.39 is 0 Å². The number of hydrogen-bond acceptors (Lipinski definition) is 4. The average Bonchev–Trinajstić information content (AvgIpc) is 2.88. The molecule has 1 N–H and O–H groups in total. The van der Waals surface area contributed by atoms with Gasteiger partial charge in [0.2, 0.25) is 0 Å². The first kappa shape index (κ1) is 15.9. The number of aryl methyl sites for hydroxylation is 1. The number of nitrogens with zero attached hydrogens (tertiary/aromatic N) is 1. The zero-order chi connectivity index (χ0) is 14.2. The zero-order valence-corrected chi connectivity index (χ0v) is 13.7. The van der Waals surface area contributed by atoms with E-state index in [4.69, 9.17) is 4.74 Å². The van der Waals surface area contributed by atoms with Crippen LogP contribution < -0.4 is 5.32 Å². The van der Waals surface area contributed by atoms with Crippen molar-refractivity contribution in [2.24, 2.45) is 0 Å². The Bertz CT molecular complexity index is 374. The van der Waals surface area contributed by atoms with Gasteiger partial charge in [0.05, 0.1) is 11.1 Å². The topological polar surface area (TPSA) is 34.1 Å². The van der Waals surface area contributed by atoms with E-state index in [0.717, 1.165) is 25.3 Å². The Labute approximate surface area is 127 Å². The largest absolute Gasteiger partial charge is 0.378 e. The fourth-order valence-electron chi connectivity index (χ4n) is 2.75. The van der Waals surface area contributed by atoms with Crippen molar-refractivity contribution in [2.45, 2.75) is 70.9 Å². The lowest BCUT2D eigenvalue weighted by atomic mass is 10.00. The highest BCUT2D eigenvalue weighted by atomic mass is 32.1. The van der Waals surface area contributed by atoms with Gasteiger partial charge in [0.25, 0.3) is 0 Å². The molecule has 2 atom stereocenters. The van der Waals surface area contributed by atoms with Crippen LogP contribution >= 0.6 is 11.3 Å². The summed E-state index contributed by atoms with van der Waals surface area (Å²) in [6.45, 7) is 6.36. The van der Waals surface area contributed by atoms with Crippen molar-refractivity contribution in [3.8, 4) is 0 Å². The van der Waals surface area contributed by atoms with Crippen molar-refractivity contribution in [1.82, 2.24) is 10.3 Å². The molecule has 1 fully saturated rings. The third kappa shape index (κ3) is 5.51. The van der Waals surface area contributed by atoms with Crippen LogP contribution in [-0.2, 0) is 11.2 Å². The maximum absolute atomic E-state index is 5.85. The Kier molecular flexibility index (Phi) is 6.97. The minimum Gasteiger partial charge on any atom is -0.378 e. The summed E-state index contributed by atoms with van der Waals surface area (Å²) in [7, 11) is 0. The van der Waals surface area contributed by atoms with Gasteiger partial charge in [-0.1, -0.05) is 6.92 Å². The molecule has 0 spiro atoms. The lowest BCUT2D eigenvalue weighted by molar-refractivity contribution is 0.00858. The third-order valence-electron chi connectivity index (χ3n) is 3.88. The smallest absolute Gasteiger partial charge is 0.0943 e. The van der Waals surface area contributed by atoms with Crippen LogP contribution in [-0.4, -0.2) is 30.3 Å². The van der Waals surface area contributed by atoms with Gasteiger partial charge in [-0.05, 0) is 52.0 Å². The Morgan fingerprint density at radius 3 is 3.05 bits per heavy atom. The normalized spacial score (nSPS) is 21.0. The Morgan fingerprint density at radius 1 is 1.50 bits per heavy atom. The highest BCUT2D eigenvalue weighted by molar-refractivity contribution is 7.09. The van der Waals surface area contributed by atoms with Crippen LogP contribution in [0.1, 0.15) is 56.2 Å². The Morgan fingerprint density at radius 2 is 2.40 bits per heavy atom. The summed E-state index contributed by atoms with van der Waals surface area (Å²) >= 11 is 1.79. The molecule has 0 aliphatic carbocycles. The van der Waals surface area contributed by atoms with Gasteiger partial charge in [-0.3, -0.25) is 0 Å². The van der Waals surface area contributed by atoms with Crippen LogP contribution in [0, 0.1) is 6.92 Å². The van der Waals surface area contributed by atoms with Gasteiger partial charge in [-0.25, -0.2) is 4.98 Å². The standard InChI is InChI=1S/C16H28N2OS/c1-3-9-17-14(11-16-18-13(2)12-20-16)7-8-15-6-4-5-10-19-15/h12,14-15,17H,3-11H2,1-2H3. The highest BCUT2D eigenvalue weighted by Crippen LogP contribution is 2.19. The first-order valence-electron chi connectivity index (χ1n) is 8.04. The van der Waals surface area contributed by atoms with E-state index >= 15 is 0 Å². The molecule has 0 aromatic carbocycles. The molecule has 0 amide bonds. The van der Waals surface area contributed by atoms with Gasteiger partial charge in [-0.2, -0.15) is 0 Å². The summed E-state index contributed by atoms with van der Waals surface area (Å²) in [5.41, 5.74) is 1.15. The van der Waals surface area contributed by atoms with Crippen molar-refractivity contribution in [3.63, 3.8) is 0 Å². The number of ether oxygens (including phenoxy) is 1. The minimum absolute atomic E-state index is 0.493. The van der Waals surface area contributed by atoms with E-state index in [2.05, 4.69) is 29.5 Å². The maximum Gasteiger partial charge on any atom is 0.0943 e. The maximum atomic E-state index is 5.85. The van der Waals surface area contributed by atoms with E-state index in [1.54, 1.807) is 11.3 Å². The SMILES string of the molecule is CCCNC(CCC1CCCCO1)Cc1nc(C)cs1. The van der Waals surface area contributed by atoms with E-state index in [9.17, 15) is 0 Å². The number of rotatable bonds is 8. The fraction of sp³-hybridized carbons (Fsp3) is 0.812. The molecule has 20 heavy (non-hydrogen) atoms. The molecule has 1 aromatic rings. The predicted octanol–water partition coefficient (Wildman–Crippen LogP) is 3.71. The molecule has 1 aromatic heterocycles. The molecular formula is C16H28N2OS. The summed E-state index contributed by atoms with van der Waals surface area (Å²) in [5, 5.41) is 7.09. The Balaban J connectivity index is 1.79. The quantitative estimate of drug-likeness (QED) is 0.794. The van der Waals surface area contributed by atoms with Gasteiger partial charge < -0.3 is 10.1 Å².